The van der Waals surface area contributed by atoms with Gasteiger partial charge in [0.2, 0.25) is 0 Å². The van der Waals surface area contributed by atoms with Crippen LogP contribution in [0.5, 0.6) is 0 Å². The molecule has 3 heteroatoms. The van der Waals surface area contributed by atoms with E-state index in [1.165, 1.54) is 0 Å². The molecule has 1 N–H and O–H groups in total. The highest BCUT2D eigenvalue weighted by Gasteiger charge is 1.95. The normalized spacial score (nSPS) is 8.90. The monoisotopic (exact) mass is 133 g/mol. The summed E-state index contributed by atoms with van der Waals surface area (Å²) < 4.78 is 0. The van der Waals surface area contributed by atoms with Gasteiger partial charge in [-0.1, -0.05) is 11.5 Å². The van der Waals surface area contributed by atoms with Crippen molar-refractivity contribution in [3.63, 3.8) is 0 Å². The predicted octanol–water partition coefficient (Wildman–Crippen LogP) is 0.396. The first-order valence-corrected chi connectivity index (χ1v) is 3.03. The summed E-state index contributed by atoms with van der Waals surface area (Å²) >= 11 is 0. The Labute approximate surface area is 60.5 Å². The summed E-state index contributed by atoms with van der Waals surface area (Å²) in [6.07, 6.45) is 3.37. The second-order valence-corrected chi connectivity index (χ2v) is 2.00. The van der Waals surface area contributed by atoms with E-state index in [0.29, 0.717) is 5.47 Å². The van der Waals surface area contributed by atoms with E-state index >= 15 is 0 Å². The summed E-state index contributed by atoms with van der Waals surface area (Å²) in [5.41, 5.74) is 1.60. The van der Waals surface area contributed by atoms with E-state index in [9.17, 15) is 0 Å². The number of rotatable bonds is 2. The fraction of sp³-hybridized carbons (Fsp3) is 0. The molecule has 10 heavy (non-hydrogen) atoms. The number of pyridine rings is 1. The lowest BCUT2D eigenvalue weighted by molar-refractivity contribution is 0.616. The van der Waals surface area contributed by atoms with Crippen molar-refractivity contribution in [3.8, 4) is 0 Å². The van der Waals surface area contributed by atoms with Crippen molar-refractivity contribution < 1.29 is 5.02 Å². The van der Waals surface area contributed by atoms with Gasteiger partial charge in [-0.05, 0) is 11.6 Å². The van der Waals surface area contributed by atoms with Crippen LogP contribution in [0.1, 0.15) is 5.56 Å². The lowest BCUT2D eigenvalue weighted by atomic mass is 9.85. The van der Waals surface area contributed by atoms with Gasteiger partial charge in [0.15, 0.2) is 0 Å². The second-order valence-electron chi connectivity index (χ2n) is 2.00. The SMILES string of the molecule is C=C(BO)c1cccnc1. The van der Waals surface area contributed by atoms with Crippen LogP contribution in [0.3, 0.4) is 0 Å². The Morgan fingerprint density at radius 3 is 3.00 bits per heavy atom. The van der Waals surface area contributed by atoms with Gasteiger partial charge in [0, 0.05) is 12.4 Å². The van der Waals surface area contributed by atoms with E-state index in [1.54, 1.807) is 12.4 Å². The fourth-order valence-corrected chi connectivity index (χ4v) is 0.663. The maximum Gasteiger partial charge on any atom is 0.304 e. The molecular weight excluding hydrogens is 125 g/mol. The number of aromatic nitrogens is 1. The zero-order chi connectivity index (χ0) is 7.40. The van der Waals surface area contributed by atoms with Crippen molar-refractivity contribution >= 4 is 13.0 Å². The van der Waals surface area contributed by atoms with Gasteiger partial charge in [-0.25, -0.2) is 0 Å². The lowest BCUT2D eigenvalue weighted by Gasteiger charge is -1.96. The van der Waals surface area contributed by atoms with E-state index in [2.05, 4.69) is 11.6 Å². The van der Waals surface area contributed by atoms with Gasteiger partial charge in [-0.15, -0.1) is 6.58 Å². The topological polar surface area (TPSA) is 33.1 Å². The first kappa shape index (κ1) is 7.03. The summed E-state index contributed by atoms with van der Waals surface area (Å²) in [6.45, 7) is 3.65. The number of nitrogens with zero attached hydrogens (tertiary/aromatic N) is 1. The van der Waals surface area contributed by atoms with Crippen molar-refractivity contribution in [2.45, 2.75) is 0 Å². The molecule has 1 rings (SSSR count). The fourth-order valence-electron chi connectivity index (χ4n) is 0.663. The number of hydrogen-bond donors (Lipinski definition) is 1. The van der Waals surface area contributed by atoms with E-state index in [-0.39, 0.29) is 7.48 Å². The minimum absolute atomic E-state index is 0.00824. The second kappa shape index (κ2) is 3.18. The van der Waals surface area contributed by atoms with Gasteiger partial charge in [0.1, 0.15) is 0 Å². The smallest absolute Gasteiger partial charge is 0.304 e. The average molecular weight is 133 g/mol. The third kappa shape index (κ3) is 1.45. The highest BCUT2D eigenvalue weighted by molar-refractivity contribution is 6.53. The van der Waals surface area contributed by atoms with Crippen LogP contribution in [0.2, 0.25) is 0 Å². The Balaban J connectivity index is 2.85. The van der Waals surface area contributed by atoms with Crippen molar-refractivity contribution in [1.29, 1.82) is 0 Å². The Morgan fingerprint density at radius 1 is 1.70 bits per heavy atom. The minimum Gasteiger partial charge on any atom is -0.449 e. The summed E-state index contributed by atoms with van der Waals surface area (Å²) in [7, 11) is -0.00824. The molecule has 0 saturated carbocycles. The molecule has 1 aromatic heterocycles. The maximum atomic E-state index is 8.66. The highest BCUT2D eigenvalue weighted by Crippen LogP contribution is 2.06. The van der Waals surface area contributed by atoms with Crippen LogP contribution in [0, 0.1) is 0 Å². The van der Waals surface area contributed by atoms with Gasteiger partial charge in [-0.3, -0.25) is 4.98 Å². The van der Waals surface area contributed by atoms with Crippen molar-refractivity contribution in [2.75, 3.05) is 0 Å². The third-order valence-corrected chi connectivity index (χ3v) is 1.26. The molecule has 1 heterocycles. The van der Waals surface area contributed by atoms with Crippen molar-refractivity contribution in [3.05, 3.63) is 36.7 Å². The molecule has 0 aliphatic heterocycles. The third-order valence-electron chi connectivity index (χ3n) is 1.26. The standard InChI is InChI=1S/C7H8BNO/c1-6(8-10)7-3-2-4-9-5-7/h2-5,8,10H,1H2. The molecule has 0 atom stereocenters. The van der Waals surface area contributed by atoms with Crippen LogP contribution in [0.25, 0.3) is 5.47 Å². The Bertz CT molecular complexity index is 222. The van der Waals surface area contributed by atoms with E-state index in [0.717, 1.165) is 5.56 Å². The van der Waals surface area contributed by atoms with Gasteiger partial charge in [-0.2, -0.15) is 0 Å². The van der Waals surface area contributed by atoms with Gasteiger partial charge >= 0.3 is 7.48 Å². The lowest BCUT2D eigenvalue weighted by Crippen LogP contribution is -1.92. The summed E-state index contributed by atoms with van der Waals surface area (Å²) in [6, 6.07) is 3.68. The molecule has 0 radical (unpaired) electrons. The molecule has 0 amide bonds. The molecule has 0 aliphatic rings. The Kier molecular flexibility index (Phi) is 2.23. The first-order valence-electron chi connectivity index (χ1n) is 3.03. The van der Waals surface area contributed by atoms with Crippen LogP contribution >= 0.6 is 0 Å². The van der Waals surface area contributed by atoms with Crippen molar-refractivity contribution in [2.24, 2.45) is 0 Å². The maximum absolute atomic E-state index is 8.66. The summed E-state index contributed by atoms with van der Waals surface area (Å²) in [5, 5.41) is 8.66. The first-order chi connectivity index (χ1) is 4.84. The zero-order valence-corrected chi connectivity index (χ0v) is 5.62. The molecule has 1 aromatic rings. The van der Waals surface area contributed by atoms with E-state index in [1.807, 2.05) is 12.1 Å². The quantitative estimate of drug-likeness (QED) is 0.592. The predicted molar refractivity (Wildman–Crippen MR) is 42.6 cm³/mol. The van der Waals surface area contributed by atoms with E-state index < -0.39 is 0 Å². The molecule has 0 saturated heterocycles. The van der Waals surface area contributed by atoms with Crippen LogP contribution in [-0.2, 0) is 0 Å². The zero-order valence-electron chi connectivity index (χ0n) is 5.62. The minimum atomic E-state index is -0.00824. The molecule has 50 valence electrons. The van der Waals surface area contributed by atoms with Gasteiger partial charge < -0.3 is 5.02 Å². The molecular formula is C7H8BNO. The number of hydrogen-bond acceptors (Lipinski definition) is 2. The molecule has 0 aromatic carbocycles. The van der Waals surface area contributed by atoms with Crippen LogP contribution in [0.4, 0.5) is 0 Å². The molecule has 0 fully saturated rings. The molecule has 0 unspecified atom stereocenters. The molecule has 2 nitrogen and oxygen atoms in total. The summed E-state index contributed by atoms with van der Waals surface area (Å²) in [5.74, 6) is 0. The average Bonchev–Trinajstić information content (AvgIpc) is 2.05. The molecule has 0 bridgehead atoms. The highest BCUT2D eigenvalue weighted by atomic mass is 16.2. The van der Waals surface area contributed by atoms with Crippen LogP contribution in [-0.4, -0.2) is 17.5 Å². The Morgan fingerprint density at radius 2 is 2.50 bits per heavy atom. The van der Waals surface area contributed by atoms with Crippen LogP contribution < -0.4 is 0 Å². The molecule has 0 spiro atoms. The van der Waals surface area contributed by atoms with Gasteiger partial charge in [0.05, 0.1) is 0 Å². The Hall–Kier alpha value is -1.09. The van der Waals surface area contributed by atoms with Crippen LogP contribution in [0.15, 0.2) is 31.1 Å². The van der Waals surface area contributed by atoms with Gasteiger partial charge in [0.25, 0.3) is 0 Å². The van der Waals surface area contributed by atoms with Crippen molar-refractivity contribution in [1.82, 2.24) is 4.98 Å². The molecule has 0 aliphatic carbocycles. The summed E-state index contributed by atoms with van der Waals surface area (Å²) in [4.78, 5) is 3.88. The van der Waals surface area contributed by atoms with E-state index in [4.69, 9.17) is 5.02 Å². The largest absolute Gasteiger partial charge is 0.449 e.